The van der Waals surface area contributed by atoms with Gasteiger partial charge < -0.3 is 29.9 Å². The van der Waals surface area contributed by atoms with E-state index >= 15 is 8.78 Å². The maximum atomic E-state index is 17.1. The molecule has 0 saturated carbocycles. The molecule has 47 heavy (non-hydrogen) atoms. The van der Waals surface area contributed by atoms with Gasteiger partial charge in [-0.1, -0.05) is 13.0 Å². The molecule has 4 fully saturated rings. The lowest BCUT2D eigenvalue weighted by Crippen LogP contribution is -2.60. The largest absolute Gasteiger partial charge is 0.508 e. The molecule has 0 amide bonds. The monoisotopic (exact) mass is 644 g/mol. The smallest absolute Gasteiger partial charge is 0.319 e. The van der Waals surface area contributed by atoms with Crippen molar-refractivity contribution in [2.45, 2.75) is 81.6 Å². The van der Waals surface area contributed by atoms with Crippen LogP contribution in [0.3, 0.4) is 0 Å². The minimum atomic E-state index is -0.711. The molecular weight excluding hydrogens is 606 g/mol. The number of anilines is 1. The summed E-state index contributed by atoms with van der Waals surface area (Å²) in [4.78, 5) is 19.0. The summed E-state index contributed by atoms with van der Waals surface area (Å²) in [6.07, 6.45) is 6.19. The summed E-state index contributed by atoms with van der Waals surface area (Å²) in [5, 5.41) is 25.8. The first-order chi connectivity index (χ1) is 22.9. The number of ether oxygens (including phenoxy) is 2. The number of aryl methyl sites for hydroxylation is 1. The number of nitrogens with one attached hydrogen (secondary N) is 1. The van der Waals surface area contributed by atoms with Crippen LogP contribution in [-0.4, -0.2) is 92.7 Å². The van der Waals surface area contributed by atoms with Crippen molar-refractivity contribution >= 4 is 27.5 Å². The second-order valence-corrected chi connectivity index (χ2v) is 13.9. The van der Waals surface area contributed by atoms with Crippen molar-refractivity contribution in [3.8, 4) is 28.9 Å². The average Bonchev–Trinajstić information content (AvgIpc) is 3.74. The Morgan fingerprint density at radius 3 is 2.85 bits per heavy atom. The normalized spacial score (nSPS) is 28.0. The zero-order chi connectivity index (χ0) is 32.0. The molecule has 0 unspecified atom stereocenters. The van der Waals surface area contributed by atoms with E-state index < -0.39 is 11.6 Å². The van der Waals surface area contributed by atoms with E-state index in [2.05, 4.69) is 15.1 Å². The Morgan fingerprint density at radius 2 is 2.00 bits per heavy atom. The zero-order valence-corrected chi connectivity index (χ0v) is 26.3. The van der Waals surface area contributed by atoms with Crippen LogP contribution in [-0.2, 0) is 6.42 Å². The summed E-state index contributed by atoms with van der Waals surface area (Å²) in [6.45, 7) is 4.21. The number of aromatic nitrogens is 3. The fraction of sp³-hybridized carbons (Fsp3) is 0.514. The molecule has 7 heterocycles. The van der Waals surface area contributed by atoms with Crippen molar-refractivity contribution in [1.29, 1.82) is 0 Å². The Bertz CT molecular complexity index is 1930. The molecule has 246 valence electrons. The van der Waals surface area contributed by atoms with Crippen LogP contribution in [0.5, 0.6) is 17.6 Å². The van der Waals surface area contributed by atoms with Crippen LogP contribution in [0.15, 0.2) is 24.3 Å². The molecule has 5 aliphatic rings. The van der Waals surface area contributed by atoms with Crippen molar-refractivity contribution in [3.05, 3.63) is 41.5 Å². The molecule has 9 rings (SSSR count). The minimum Gasteiger partial charge on any atom is -0.508 e. The fourth-order valence-electron chi connectivity index (χ4n) is 9.20. The minimum absolute atomic E-state index is 0.0166. The van der Waals surface area contributed by atoms with Crippen LogP contribution in [0.1, 0.15) is 51.0 Å². The number of halogens is 2. The van der Waals surface area contributed by atoms with E-state index in [-0.39, 0.29) is 70.7 Å². The summed E-state index contributed by atoms with van der Waals surface area (Å²) in [7, 11) is 0. The number of benzene rings is 2. The number of phenolic OH excluding ortho intramolecular Hbond substituents is 1. The first kappa shape index (κ1) is 29.3. The van der Waals surface area contributed by atoms with E-state index in [4.69, 9.17) is 24.4 Å². The Hall–Kier alpha value is -3.87. The highest BCUT2D eigenvalue weighted by molar-refractivity contribution is 6.03. The highest BCUT2D eigenvalue weighted by atomic mass is 19.1. The first-order valence-corrected chi connectivity index (χ1v) is 16.9. The predicted octanol–water partition coefficient (Wildman–Crippen LogP) is 4.46. The van der Waals surface area contributed by atoms with Gasteiger partial charge in [-0.3, -0.25) is 4.90 Å². The molecule has 4 aromatic rings. The van der Waals surface area contributed by atoms with Crippen LogP contribution >= 0.6 is 0 Å². The number of nitrogens with zero attached hydrogens (tertiary/aromatic N) is 5. The van der Waals surface area contributed by atoms with Crippen LogP contribution < -0.4 is 19.7 Å². The quantitative estimate of drug-likeness (QED) is 0.278. The van der Waals surface area contributed by atoms with Crippen LogP contribution in [0.2, 0.25) is 0 Å². The molecule has 2 aromatic carbocycles. The third-order valence-electron chi connectivity index (χ3n) is 11.4. The lowest BCUT2D eigenvalue weighted by atomic mass is 9.94. The summed E-state index contributed by atoms with van der Waals surface area (Å²) in [5.74, 6) is -0.453. The van der Waals surface area contributed by atoms with Gasteiger partial charge in [0.25, 0.3) is 0 Å². The average molecular weight is 645 g/mol. The van der Waals surface area contributed by atoms with E-state index in [1.54, 1.807) is 12.1 Å². The summed E-state index contributed by atoms with van der Waals surface area (Å²) in [5.41, 5.74) is 0.403. The second-order valence-electron chi connectivity index (χ2n) is 13.9. The lowest BCUT2D eigenvalue weighted by Gasteiger charge is -2.40. The van der Waals surface area contributed by atoms with Gasteiger partial charge in [-0.05, 0) is 86.0 Å². The van der Waals surface area contributed by atoms with Gasteiger partial charge in [0.1, 0.15) is 47.2 Å². The zero-order valence-electron chi connectivity index (χ0n) is 26.3. The molecule has 4 saturated heterocycles. The Morgan fingerprint density at radius 1 is 1.11 bits per heavy atom. The van der Waals surface area contributed by atoms with Crippen molar-refractivity contribution in [2.75, 3.05) is 37.8 Å². The van der Waals surface area contributed by atoms with Gasteiger partial charge in [0.15, 0.2) is 5.82 Å². The Balaban J connectivity index is 1.23. The summed E-state index contributed by atoms with van der Waals surface area (Å²) < 4.78 is 45.1. The summed E-state index contributed by atoms with van der Waals surface area (Å²) >= 11 is 0. The molecule has 0 spiro atoms. The van der Waals surface area contributed by atoms with Gasteiger partial charge >= 0.3 is 6.01 Å². The Kier molecular flexibility index (Phi) is 6.75. The van der Waals surface area contributed by atoms with Gasteiger partial charge in [-0.15, -0.1) is 0 Å². The fourth-order valence-corrected chi connectivity index (χ4v) is 9.20. The molecule has 2 bridgehead atoms. The molecule has 12 heteroatoms. The molecule has 3 N–H and O–H groups in total. The number of aliphatic hydroxyl groups is 1. The SMILES string of the molecule is CCc1c(F)ccc2cc(O)cc(-c3nc4c5c(nc(OC[C@@]67CCCN6[C@H](CO)CC7)nc5c3F)N3C[C@@H]5CC[C@@H](N5)[C@@H]3CO4)c12. The number of aromatic hydroxyl groups is 1. The first-order valence-electron chi connectivity index (χ1n) is 16.9. The van der Waals surface area contributed by atoms with Gasteiger partial charge in [0.05, 0.1) is 18.2 Å². The van der Waals surface area contributed by atoms with E-state index in [1.807, 2.05) is 6.92 Å². The van der Waals surface area contributed by atoms with Crippen LogP contribution in [0.4, 0.5) is 14.6 Å². The number of rotatable bonds is 6. The summed E-state index contributed by atoms with van der Waals surface area (Å²) in [6, 6.07) is 6.54. The number of hydrogen-bond donors (Lipinski definition) is 3. The van der Waals surface area contributed by atoms with Gasteiger partial charge in [0, 0.05) is 30.2 Å². The molecule has 2 aromatic heterocycles. The number of hydrogen-bond acceptors (Lipinski definition) is 10. The van der Waals surface area contributed by atoms with Crippen molar-refractivity contribution < 1.29 is 28.5 Å². The molecule has 0 radical (unpaired) electrons. The van der Waals surface area contributed by atoms with Crippen molar-refractivity contribution in [1.82, 2.24) is 25.2 Å². The number of pyridine rings is 1. The van der Waals surface area contributed by atoms with E-state index in [0.717, 1.165) is 45.1 Å². The standard InChI is InChI=1S/C35H38F2N6O4/c1-2-22-24(36)6-4-18-12-21(45)13-23(27(18)22)30-29(37)31-28-32(42-14-19-5-7-25(38-19)26(42)16-46-33(28)39-30)41-34(40-31)47-17-35-9-3-11-43(35)20(15-44)8-10-35/h4,6,12-13,19-20,25-26,38,44-45H,2-3,5,7-11,14-17H2,1H3/t19-,20-,25+,26-,35-/m0/s1. The molecule has 0 aliphatic carbocycles. The maximum Gasteiger partial charge on any atom is 0.319 e. The second kappa shape index (κ2) is 10.8. The third kappa shape index (κ3) is 4.40. The molecular formula is C35H38F2N6O4. The van der Waals surface area contributed by atoms with Gasteiger partial charge in [-0.2, -0.15) is 9.97 Å². The number of piperazine rings is 1. The highest BCUT2D eigenvalue weighted by Gasteiger charge is 2.50. The Labute approximate surface area is 270 Å². The number of aliphatic hydroxyl groups excluding tert-OH is 1. The molecule has 10 nitrogen and oxygen atoms in total. The topological polar surface area (TPSA) is 116 Å². The predicted molar refractivity (Wildman–Crippen MR) is 172 cm³/mol. The lowest BCUT2D eigenvalue weighted by molar-refractivity contribution is 0.0644. The van der Waals surface area contributed by atoms with Crippen LogP contribution in [0, 0.1) is 11.6 Å². The molecule has 5 aliphatic heterocycles. The van der Waals surface area contributed by atoms with Crippen molar-refractivity contribution in [2.24, 2.45) is 0 Å². The number of fused-ring (bicyclic) bond motifs is 7. The van der Waals surface area contributed by atoms with E-state index in [0.29, 0.717) is 53.7 Å². The van der Waals surface area contributed by atoms with Gasteiger partial charge in [-0.25, -0.2) is 13.8 Å². The highest BCUT2D eigenvalue weighted by Crippen LogP contribution is 2.46. The molecule has 5 atom stereocenters. The van der Waals surface area contributed by atoms with Crippen molar-refractivity contribution in [3.63, 3.8) is 0 Å². The van der Waals surface area contributed by atoms with E-state index in [9.17, 15) is 10.2 Å². The maximum absolute atomic E-state index is 17.1. The van der Waals surface area contributed by atoms with Gasteiger partial charge in [0.2, 0.25) is 5.88 Å². The van der Waals surface area contributed by atoms with Crippen LogP contribution in [0.25, 0.3) is 32.9 Å². The number of phenols is 1. The third-order valence-corrected chi connectivity index (χ3v) is 11.4. The van der Waals surface area contributed by atoms with E-state index in [1.165, 1.54) is 12.1 Å².